The average Bonchev–Trinajstić information content (AvgIpc) is 3.00. The molecule has 0 spiro atoms. The Labute approximate surface area is 174 Å². The Kier molecular flexibility index (Phi) is 6.84. The number of nitrogens with zero attached hydrogens (tertiary/aromatic N) is 2. The molecule has 0 saturated carbocycles. The minimum absolute atomic E-state index is 0.0258. The van der Waals surface area contributed by atoms with Gasteiger partial charge >= 0.3 is 5.97 Å². The number of hydrogen-bond acceptors (Lipinski definition) is 6. The molecular weight excluding hydrogens is 421 g/mol. The topological polar surface area (TPSA) is 100 Å². The molecule has 2 aromatic carbocycles. The lowest BCUT2D eigenvalue weighted by Gasteiger charge is -2.09. The number of nitrogens with one attached hydrogen (secondary N) is 1. The Hall–Kier alpha value is -2.91. The first-order valence-corrected chi connectivity index (χ1v) is 9.64. The summed E-state index contributed by atoms with van der Waals surface area (Å²) in [7, 11) is 0. The van der Waals surface area contributed by atoms with Gasteiger partial charge in [-0.25, -0.2) is 4.39 Å². The van der Waals surface area contributed by atoms with E-state index >= 15 is 0 Å². The molecule has 1 unspecified atom stereocenters. The number of carboxylic acid groups (broad SMARTS) is 1. The van der Waals surface area contributed by atoms with E-state index in [0.29, 0.717) is 11.3 Å². The normalized spacial score (nSPS) is 17.7. The number of aliphatic carboxylic acids is 1. The molecule has 10 heteroatoms. The molecule has 0 bridgehead atoms. The first-order valence-electron chi connectivity index (χ1n) is 8.38. The van der Waals surface area contributed by atoms with E-state index in [2.05, 4.69) is 15.5 Å². The Morgan fingerprint density at radius 2 is 2.14 bits per heavy atom. The van der Waals surface area contributed by atoms with Crippen molar-refractivity contribution in [2.24, 2.45) is 10.2 Å². The van der Waals surface area contributed by atoms with E-state index in [1.54, 1.807) is 30.3 Å². The minimum atomic E-state index is -1.06. The van der Waals surface area contributed by atoms with Gasteiger partial charge in [0.15, 0.2) is 5.17 Å². The van der Waals surface area contributed by atoms with Crippen LogP contribution in [0.25, 0.3) is 0 Å². The van der Waals surface area contributed by atoms with Gasteiger partial charge in [-0.05, 0) is 29.8 Å². The Morgan fingerprint density at radius 1 is 1.34 bits per heavy atom. The second kappa shape index (κ2) is 9.53. The average molecular weight is 436 g/mol. The molecular formula is C19H15ClFN3O4S. The van der Waals surface area contributed by atoms with Crippen molar-refractivity contribution in [2.45, 2.75) is 18.3 Å². The van der Waals surface area contributed by atoms with Crippen LogP contribution in [0.4, 0.5) is 4.39 Å². The van der Waals surface area contributed by atoms with Gasteiger partial charge < -0.3 is 15.2 Å². The van der Waals surface area contributed by atoms with Crippen LogP contribution in [0, 0.1) is 5.82 Å². The van der Waals surface area contributed by atoms with Gasteiger partial charge in [0.2, 0.25) is 5.91 Å². The van der Waals surface area contributed by atoms with Gasteiger partial charge in [0.1, 0.15) is 23.4 Å². The third kappa shape index (κ3) is 5.78. The van der Waals surface area contributed by atoms with E-state index in [-0.39, 0.29) is 28.8 Å². The molecule has 3 rings (SSSR count). The largest absolute Gasteiger partial charge is 0.489 e. The molecule has 0 aliphatic carbocycles. The predicted molar refractivity (Wildman–Crippen MR) is 109 cm³/mol. The number of halogens is 2. The van der Waals surface area contributed by atoms with E-state index in [9.17, 15) is 14.0 Å². The molecule has 0 aromatic heterocycles. The van der Waals surface area contributed by atoms with Crippen LogP contribution >= 0.6 is 23.4 Å². The summed E-state index contributed by atoms with van der Waals surface area (Å²) in [5.74, 6) is -1.42. The summed E-state index contributed by atoms with van der Waals surface area (Å²) in [6.45, 7) is -0.0258. The number of carbonyl (C=O) groups excluding carboxylic acids is 1. The van der Waals surface area contributed by atoms with Gasteiger partial charge in [-0.3, -0.25) is 9.59 Å². The summed E-state index contributed by atoms with van der Waals surface area (Å²) in [4.78, 5) is 22.4. The van der Waals surface area contributed by atoms with Crippen molar-refractivity contribution in [1.82, 2.24) is 5.32 Å². The fourth-order valence-corrected chi connectivity index (χ4v) is 3.54. The monoisotopic (exact) mass is 435 g/mol. The maximum atomic E-state index is 13.8. The molecule has 1 aliphatic rings. The molecule has 2 N–H and O–H groups in total. The number of ether oxygens (including phenoxy) is 1. The highest BCUT2D eigenvalue weighted by Crippen LogP contribution is 2.23. The fraction of sp³-hybridized carbons (Fsp3) is 0.158. The van der Waals surface area contributed by atoms with Crippen LogP contribution in [-0.4, -0.2) is 33.6 Å². The van der Waals surface area contributed by atoms with Crippen LogP contribution in [0.15, 0.2) is 52.7 Å². The molecule has 29 heavy (non-hydrogen) atoms. The van der Waals surface area contributed by atoms with Crippen LogP contribution in [0.1, 0.15) is 17.5 Å². The smallest absolute Gasteiger partial charge is 0.305 e. The zero-order valence-corrected chi connectivity index (χ0v) is 16.4. The van der Waals surface area contributed by atoms with Crippen molar-refractivity contribution in [3.05, 3.63) is 64.4 Å². The van der Waals surface area contributed by atoms with E-state index in [0.717, 1.165) is 11.8 Å². The van der Waals surface area contributed by atoms with E-state index in [4.69, 9.17) is 21.4 Å². The van der Waals surface area contributed by atoms with Gasteiger partial charge in [0.05, 0.1) is 17.7 Å². The SMILES string of the molecule is O=C(O)CC1SC(=NN=Cc2cccc(OCc3c(F)cccc3Cl)c2)NC1=O. The van der Waals surface area contributed by atoms with Gasteiger partial charge in [-0.2, -0.15) is 5.10 Å². The summed E-state index contributed by atoms with van der Waals surface area (Å²) in [5, 5.41) is 18.8. The maximum Gasteiger partial charge on any atom is 0.305 e. The first-order chi connectivity index (χ1) is 13.9. The van der Waals surface area contributed by atoms with E-state index in [1.165, 1.54) is 18.3 Å². The van der Waals surface area contributed by atoms with E-state index in [1.807, 2.05) is 0 Å². The van der Waals surface area contributed by atoms with Gasteiger partial charge in [-0.15, -0.1) is 5.10 Å². The van der Waals surface area contributed by atoms with Gasteiger partial charge in [0.25, 0.3) is 0 Å². The lowest BCUT2D eigenvalue weighted by Crippen LogP contribution is -2.26. The van der Waals surface area contributed by atoms with Crippen LogP contribution in [-0.2, 0) is 16.2 Å². The number of carboxylic acids is 1. The van der Waals surface area contributed by atoms with Gasteiger partial charge in [-0.1, -0.05) is 41.6 Å². The summed E-state index contributed by atoms with van der Waals surface area (Å²) in [5.41, 5.74) is 0.937. The molecule has 1 amide bonds. The van der Waals surface area contributed by atoms with E-state index < -0.39 is 22.9 Å². The maximum absolute atomic E-state index is 13.8. The minimum Gasteiger partial charge on any atom is -0.489 e. The Morgan fingerprint density at radius 3 is 2.90 bits per heavy atom. The molecule has 1 fully saturated rings. The number of hydrogen-bond donors (Lipinski definition) is 2. The third-order valence-corrected chi connectivity index (χ3v) is 5.22. The standard InChI is InChI=1S/C19H15ClFN3O4S/c20-14-5-2-6-15(21)13(14)10-28-12-4-1-3-11(7-12)9-22-24-19-23-18(27)16(29-19)8-17(25)26/h1-7,9,16H,8,10H2,(H,25,26)(H,23,24,27). The molecule has 7 nitrogen and oxygen atoms in total. The zero-order valence-electron chi connectivity index (χ0n) is 14.8. The fourth-order valence-electron chi connectivity index (χ4n) is 2.40. The van der Waals surface area contributed by atoms with Crippen molar-refractivity contribution in [3.63, 3.8) is 0 Å². The van der Waals surface area contributed by atoms with Crippen molar-refractivity contribution in [1.29, 1.82) is 0 Å². The highest BCUT2D eigenvalue weighted by Gasteiger charge is 2.32. The number of thioether (sulfide) groups is 1. The summed E-state index contributed by atoms with van der Waals surface area (Å²) < 4.78 is 19.4. The molecule has 1 atom stereocenters. The Balaban J connectivity index is 1.61. The lowest BCUT2D eigenvalue weighted by atomic mass is 10.2. The summed E-state index contributed by atoms with van der Waals surface area (Å²) in [6, 6.07) is 11.3. The number of benzene rings is 2. The van der Waals surface area contributed by atoms with Crippen LogP contribution < -0.4 is 10.1 Å². The van der Waals surface area contributed by atoms with Crippen molar-refractivity contribution < 1.29 is 23.8 Å². The molecule has 1 aliphatic heterocycles. The van der Waals surface area contributed by atoms with Gasteiger partial charge in [0, 0.05) is 5.56 Å². The zero-order chi connectivity index (χ0) is 20.8. The van der Waals surface area contributed by atoms with Crippen LogP contribution in [0.3, 0.4) is 0 Å². The quantitative estimate of drug-likeness (QED) is 0.512. The molecule has 1 saturated heterocycles. The van der Waals surface area contributed by atoms with Crippen LogP contribution in [0.2, 0.25) is 5.02 Å². The summed E-state index contributed by atoms with van der Waals surface area (Å²) >= 11 is 7.00. The molecule has 150 valence electrons. The number of carbonyl (C=O) groups is 2. The highest BCUT2D eigenvalue weighted by molar-refractivity contribution is 8.15. The molecule has 0 radical (unpaired) electrons. The number of rotatable bonds is 7. The number of amides is 1. The second-order valence-corrected chi connectivity index (χ2v) is 7.50. The third-order valence-electron chi connectivity index (χ3n) is 3.79. The van der Waals surface area contributed by atoms with Crippen molar-refractivity contribution in [3.8, 4) is 5.75 Å². The first kappa shape index (κ1) is 20.8. The van der Waals surface area contributed by atoms with Crippen LogP contribution in [0.5, 0.6) is 5.75 Å². The number of amidine groups is 1. The Bertz CT molecular complexity index is 979. The predicted octanol–water partition coefficient (Wildman–Crippen LogP) is 3.45. The highest BCUT2D eigenvalue weighted by atomic mass is 35.5. The molecule has 1 heterocycles. The second-order valence-electron chi connectivity index (χ2n) is 5.90. The molecule has 2 aromatic rings. The van der Waals surface area contributed by atoms with Crippen molar-refractivity contribution in [2.75, 3.05) is 0 Å². The lowest BCUT2D eigenvalue weighted by molar-refractivity contribution is -0.138. The summed E-state index contributed by atoms with van der Waals surface area (Å²) in [6.07, 6.45) is 1.16. The van der Waals surface area contributed by atoms with Crippen molar-refractivity contribution >= 4 is 46.6 Å².